The van der Waals surface area contributed by atoms with Gasteiger partial charge < -0.3 is 23.5 Å². The highest BCUT2D eigenvalue weighted by atomic mass is 16.7. The zero-order valence-electron chi connectivity index (χ0n) is 16.7. The van der Waals surface area contributed by atoms with Crippen molar-refractivity contribution < 1.29 is 33.1 Å². The van der Waals surface area contributed by atoms with Gasteiger partial charge in [-0.05, 0) is 39.3 Å². The second-order valence-corrected chi connectivity index (χ2v) is 7.41. The predicted molar refractivity (Wildman–Crippen MR) is 99.4 cm³/mol. The molecule has 0 aliphatic carbocycles. The number of hydrogen-bond acceptors (Lipinski definition) is 7. The smallest absolute Gasteiger partial charge is 0.466 e. The summed E-state index contributed by atoms with van der Waals surface area (Å²) in [5.41, 5.74) is -0.396. The normalized spacial score (nSPS) is 18.7. The van der Waals surface area contributed by atoms with Crippen molar-refractivity contribution in [1.29, 1.82) is 0 Å². The van der Waals surface area contributed by atoms with Gasteiger partial charge in [0.05, 0.1) is 31.8 Å². The fourth-order valence-electron chi connectivity index (χ4n) is 2.78. The SMILES string of the molecule is COC(=O)COc1ccccc1C(CC(=O)OC)B1OC(C)(C)C(C)(C)O1. The number of methoxy groups -OCH3 is 2. The van der Waals surface area contributed by atoms with Gasteiger partial charge in [-0.1, -0.05) is 18.2 Å². The van der Waals surface area contributed by atoms with Crippen LogP contribution in [-0.4, -0.2) is 51.1 Å². The van der Waals surface area contributed by atoms with E-state index in [1.807, 2.05) is 39.8 Å². The average molecular weight is 378 g/mol. The molecule has 0 aromatic heterocycles. The maximum absolute atomic E-state index is 12.1. The van der Waals surface area contributed by atoms with Gasteiger partial charge in [0, 0.05) is 5.82 Å². The van der Waals surface area contributed by atoms with E-state index in [4.69, 9.17) is 18.8 Å². The largest absolute Gasteiger partial charge is 0.482 e. The van der Waals surface area contributed by atoms with Crippen molar-refractivity contribution >= 4 is 19.1 Å². The summed E-state index contributed by atoms with van der Waals surface area (Å²) in [5, 5.41) is 0. The van der Waals surface area contributed by atoms with Gasteiger partial charge in [0.25, 0.3) is 0 Å². The molecule has 1 atom stereocenters. The third-order valence-electron chi connectivity index (χ3n) is 5.11. The number of rotatable bonds is 7. The fourth-order valence-corrected chi connectivity index (χ4v) is 2.78. The number of benzene rings is 1. The molecule has 0 N–H and O–H groups in total. The molecule has 1 aromatic rings. The quantitative estimate of drug-likeness (QED) is 0.533. The zero-order chi connectivity index (χ0) is 20.2. The average Bonchev–Trinajstić information content (AvgIpc) is 2.84. The highest BCUT2D eigenvalue weighted by molar-refractivity contribution is 6.48. The zero-order valence-corrected chi connectivity index (χ0v) is 16.7. The topological polar surface area (TPSA) is 80.3 Å². The minimum Gasteiger partial charge on any atom is -0.482 e. The van der Waals surface area contributed by atoms with Crippen LogP contribution in [0.3, 0.4) is 0 Å². The van der Waals surface area contributed by atoms with Gasteiger partial charge in [0.2, 0.25) is 0 Å². The third-order valence-corrected chi connectivity index (χ3v) is 5.11. The van der Waals surface area contributed by atoms with E-state index in [2.05, 4.69) is 4.74 Å². The van der Waals surface area contributed by atoms with Gasteiger partial charge in [0.1, 0.15) is 5.75 Å². The molecule has 0 bridgehead atoms. The second kappa shape index (κ2) is 8.31. The van der Waals surface area contributed by atoms with E-state index in [0.29, 0.717) is 11.3 Å². The molecule has 1 aliphatic rings. The maximum Gasteiger partial charge on any atom is 0.466 e. The summed E-state index contributed by atoms with van der Waals surface area (Å²) in [6.45, 7) is 7.55. The number of carbonyl (C=O) groups excluding carboxylic acids is 2. The molecule has 0 saturated carbocycles. The number of ether oxygens (including phenoxy) is 3. The first-order valence-electron chi connectivity index (χ1n) is 8.82. The van der Waals surface area contributed by atoms with Crippen molar-refractivity contribution in [2.24, 2.45) is 0 Å². The van der Waals surface area contributed by atoms with Gasteiger partial charge >= 0.3 is 19.1 Å². The summed E-state index contributed by atoms with van der Waals surface area (Å²) in [4.78, 5) is 23.5. The van der Waals surface area contributed by atoms with Crippen LogP contribution >= 0.6 is 0 Å². The van der Waals surface area contributed by atoms with Crippen molar-refractivity contribution in [2.75, 3.05) is 20.8 Å². The van der Waals surface area contributed by atoms with Crippen molar-refractivity contribution in [3.63, 3.8) is 0 Å². The van der Waals surface area contributed by atoms with E-state index in [9.17, 15) is 9.59 Å². The van der Waals surface area contributed by atoms with Crippen LogP contribution in [0.25, 0.3) is 0 Å². The van der Waals surface area contributed by atoms with Gasteiger partial charge in [-0.15, -0.1) is 0 Å². The van der Waals surface area contributed by atoms with Crippen LogP contribution in [-0.2, 0) is 28.4 Å². The molecule has 1 aliphatic heterocycles. The van der Waals surface area contributed by atoms with E-state index >= 15 is 0 Å². The van der Waals surface area contributed by atoms with Gasteiger partial charge in [-0.3, -0.25) is 4.79 Å². The van der Waals surface area contributed by atoms with Crippen LogP contribution in [0.5, 0.6) is 5.75 Å². The molecule has 7 nitrogen and oxygen atoms in total. The van der Waals surface area contributed by atoms with Crippen molar-refractivity contribution in [2.45, 2.75) is 51.1 Å². The van der Waals surface area contributed by atoms with E-state index < -0.39 is 36.1 Å². The molecule has 1 saturated heterocycles. The van der Waals surface area contributed by atoms with Gasteiger partial charge in [0.15, 0.2) is 6.61 Å². The minimum absolute atomic E-state index is 0.0475. The summed E-state index contributed by atoms with van der Waals surface area (Å²) in [5.74, 6) is -0.888. The monoisotopic (exact) mass is 378 g/mol. The van der Waals surface area contributed by atoms with Gasteiger partial charge in [-0.2, -0.15) is 0 Å². The highest BCUT2D eigenvalue weighted by Gasteiger charge is 2.54. The van der Waals surface area contributed by atoms with Crippen molar-refractivity contribution in [3.05, 3.63) is 29.8 Å². The Kier molecular flexibility index (Phi) is 6.54. The Morgan fingerprint density at radius 1 is 1.00 bits per heavy atom. The Balaban J connectivity index is 2.35. The molecular formula is C19H27BO7. The second-order valence-electron chi connectivity index (χ2n) is 7.41. The molecule has 0 amide bonds. The van der Waals surface area contributed by atoms with Crippen LogP contribution in [0.15, 0.2) is 24.3 Å². The van der Waals surface area contributed by atoms with Crippen LogP contribution in [0, 0.1) is 0 Å². The Hall–Kier alpha value is -2.06. The lowest BCUT2D eigenvalue weighted by Crippen LogP contribution is -2.41. The van der Waals surface area contributed by atoms with Crippen LogP contribution < -0.4 is 4.74 Å². The molecule has 0 spiro atoms. The molecular weight excluding hydrogens is 351 g/mol. The molecule has 0 radical (unpaired) electrons. The van der Waals surface area contributed by atoms with Crippen LogP contribution in [0.1, 0.15) is 45.5 Å². The number of esters is 2. The molecule has 1 aromatic carbocycles. The minimum atomic E-state index is -0.669. The Morgan fingerprint density at radius 3 is 2.11 bits per heavy atom. The molecule has 2 rings (SSSR count). The maximum atomic E-state index is 12.1. The summed E-state index contributed by atoms with van der Waals surface area (Å²) in [7, 11) is 1.96. The standard InChI is InChI=1S/C19H27BO7/c1-18(2)19(3,4)27-20(26-18)14(11-16(21)23-5)13-9-7-8-10-15(13)25-12-17(22)24-6/h7-10,14H,11-12H2,1-6H3. The summed E-state index contributed by atoms with van der Waals surface area (Å²) in [6.07, 6.45) is 0.0475. The van der Waals surface area contributed by atoms with E-state index in [0.717, 1.165) is 0 Å². The first kappa shape index (κ1) is 21.2. The lowest BCUT2D eigenvalue weighted by atomic mass is 9.66. The molecule has 148 valence electrons. The molecule has 27 heavy (non-hydrogen) atoms. The highest BCUT2D eigenvalue weighted by Crippen LogP contribution is 2.43. The lowest BCUT2D eigenvalue weighted by molar-refractivity contribution is -0.143. The Bertz CT molecular complexity index is 670. The third kappa shape index (κ3) is 4.81. The molecule has 8 heteroatoms. The Morgan fingerprint density at radius 2 is 1.56 bits per heavy atom. The van der Waals surface area contributed by atoms with Gasteiger partial charge in [-0.25, -0.2) is 4.79 Å². The van der Waals surface area contributed by atoms with Crippen LogP contribution in [0.4, 0.5) is 0 Å². The fraction of sp³-hybridized carbons (Fsp3) is 0.579. The first-order valence-corrected chi connectivity index (χ1v) is 8.82. The number of hydrogen-bond donors (Lipinski definition) is 0. The molecule has 1 fully saturated rings. The summed E-state index contributed by atoms with van der Waals surface area (Å²) >= 11 is 0. The lowest BCUT2D eigenvalue weighted by Gasteiger charge is -2.32. The summed E-state index contributed by atoms with van der Waals surface area (Å²) in [6, 6.07) is 7.17. The Labute approximate surface area is 160 Å². The van der Waals surface area contributed by atoms with E-state index in [-0.39, 0.29) is 13.0 Å². The van der Waals surface area contributed by atoms with Crippen molar-refractivity contribution in [3.8, 4) is 5.75 Å². The molecule has 1 unspecified atom stereocenters. The van der Waals surface area contributed by atoms with E-state index in [1.165, 1.54) is 14.2 Å². The van der Waals surface area contributed by atoms with E-state index in [1.54, 1.807) is 12.1 Å². The number of carbonyl (C=O) groups is 2. The molecule has 1 heterocycles. The van der Waals surface area contributed by atoms with Crippen molar-refractivity contribution in [1.82, 2.24) is 0 Å². The van der Waals surface area contributed by atoms with Crippen LogP contribution in [0.2, 0.25) is 0 Å². The number of para-hydroxylation sites is 1. The first-order chi connectivity index (χ1) is 12.6. The summed E-state index contributed by atoms with van der Waals surface area (Å²) < 4.78 is 27.4. The predicted octanol–water partition coefficient (Wildman–Crippen LogP) is 2.52.